The van der Waals surface area contributed by atoms with E-state index < -0.39 is 9.05 Å². The zero-order valence-electron chi connectivity index (χ0n) is 6.49. The topological polar surface area (TPSA) is 69.4 Å². The van der Waals surface area contributed by atoms with Crippen LogP contribution in [-0.4, -0.2) is 20.2 Å². The molecule has 7 heteroatoms. The predicted molar refractivity (Wildman–Crippen MR) is 42.9 cm³/mol. The van der Waals surface area contributed by atoms with E-state index in [1.54, 1.807) is 0 Å². The number of nitrogens with zero attached hydrogens (tertiary/aromatic N) is 1. The molecule has 0 aliphatic carbocycles. The first-order valence-electron chi connectivity index (χ1n) is 3.59. The molecule has 13 heavy (non-hydrogen) atoms. The van der Waals surface area contributed by atoms with Gasteiger partial charge in [-0.1, -0.05) is 5.16 Å². The molecule has 1 aromatic rings. The summed E-state index contributed by atoms with van der Waals surface area (Å²) in [7, 11) is 1.28. The minimum absolute atomic E-state index is 0.195. The van der Waals surface area contributed by atoms with Crippen molar-refractivity contribution in [1.29, 1.82) is 0 Å². The quantitative estimate of drug-likeness (QED) is 0.655. The summed E-state index contributed by atoms with van der Waals surface area (Å²) in [6.07, 6.45) is 0.561. The van der Waals surface area contributed by atoms with E-state index >= 15 is 0 Å². The Kier molecular flexibility index (Phi) is 2.05. The summed E-state index contributed by atoms with van der Waals surface area (Å²) in [5.74, 6) is 0. The molecular weight excluding hydrogens is 218 g/mol. The fraction of sp³-hybridized carbons (Fsp3) is 0.500. The highest BCUT2D eigenvalue weighted by Gasteiger charge is 2.27. The highest BCUT2D eigenvalue weighted by molar-refractivity contribution is 8.13. The SMILES string of the molecule is O=S(=O)(Cl)c1onc2c1COCC2. The summed E-state index contributed by atoms with van der Waals surface area (Å²) < 4.78 is 31.6. The lowest BCUT2D eigenvalue weighted by Crippen LogP contribution is -2.10. The van der Waals surface area contributed by atoms with E-state index in [1.165, 1.54) is 0 Å². The Hall–Kier alpha value is -0.590. The van der Waals surface area contributed by atoms with Crippen LogP contribution in [0.15, 0.2) is 9.62 Å². The molecule has 0 amide bonds. The van der Waals surface area contributed by atoms with Crippen molar-refractivity contribution >= 4 is 19.7 Å². The van der Waals surface area contributed by atoms with Crippen molar-refractivity contribution < 1.29 is 17.7 Å². The minimum atomic E-state index is -3.84. The van der Waals surface area contributed by atoms with Crippen LogP contribution in [0, 0.1) is 0 Å². The number of rotatable bonds is 1. The monoisotopic (exact) mass is 223 g/mol. The standard InChI is InChI=1S/C6H6ClNO4S/c7-13(9,10)6-4-3-11-2-1-5(4)8-12-6/h1-3H2. The largest absolute Gasteiger partial charge is 0.376 e. The van der Waals surface area contributed by atoms with Crippen molar-refractivity contribution in [2.24, 2.45) is 0 Å². The molecule has 0 spiro atoms. The molecule has 0 saturated heterocycles. The number of hydrogen-bond acceptors (Lipinski definition) is 5. The Balaban J connectivity index is 2.55. The second-order valence-electron chi connectivity index (χ2n) is 2.64. The van der Waals surface area contributed by atoms with E-state index in [0.29, 0.717) is 24.3 Å². The van der Waals surface area contributed by atoms with Gasteiger partial charge in [-0.05, 0) is 0 Å². The molecule has 0 N–H and O–H groups in total. The third-order valence-corrected chi connectivity index (χ3v) is 2.97. The van der Waals surface area contributed by atoms with Gasteiger partial charge in [0.2, 0.25) is 0 Å². The van der Waals surface area contributed by atoms with E-state index in [0.717, 1.165) is 0 Å². The van der Waals surface area contributed by atoms with Crippen LogP contribution in [0.5, 0.6) is 0 Å². The van der Waals surface area contributed by atoms with E-state index in [2.05, 4.69) is 9.68 Å². The number of fused-ring (bicyclic) bond motifs is 1. The van der Waals surface area contributed by atoms with E-state index in [9.17, 15) is 8.42 Å². The first-order valence-corrected chi connectivity index (χ1v) is 5.90. The summed E-state index contributed by atoms with van der Waals surface area (Å²) in [6, 6.07) is 0. The van der Waals surface area contributed by atoms with Gasteiger partial charge in [0.25, 0.3) is 14.1 Å². The molecule has 0 saturated carbocycles. The summed E-state index contributed by atoms with van der Waals surface area (Å²) in [5, 5.41) is 3.32. The predicted octanol–water partition coefficient (Wildman–Crippen LogP) is 0.675. The van der Waals surface area contributed by atoms with Crippen molar-refractivity contribution in [3.8, 4) is 0 Å². The minimum Gasteiger partial charge on any atom is -0.376 e. The molecule has 0 bridgehead atoms. The zero-order valence-corrected chi connectivity index (χ0v) is 8.06. The van der Waals surface area contributed by atoms with E-state index in [4.69, 9.17) is 15.4 Å². The molecule has 0 unspecified atom stereocenters. The maximum absolute atomic E-state index is 10.9. The smallest absolute Gasteiger partial charge is 0.297 e. The fourth-order valence-electron chi connectivity index (χ4n) is 1.20. The number of ether oxygens (including phenoxy) is 1. The molecule has 2 rings (SSSR count). The van der Waals surface area contributed by atoms with Gasteiger partial charge >= 0.3 is 0 Å². The summed E-state index contributed by atoms with van der Waals surface area (Å²) >= 11 is 0. The van der Waals surface area contributed by atoms with Gasteiger partial charge in [0.1, 0.15) is 0 Å². The second-order valence-corrected chi connectivity index (χ2v) is 5.10. The summed E-state index contributed by atoms with van der Waals surface area (Å²) in [5.41, 5.74) is 1.06. The Bertz CT molecular complexity index is 424. The normalized spacial score (nSPS) is 17.0. The third-order valence-electron chi connectivity index (χ3n) is 1.78. The zero-order chi connectivity index (χ0) is 9.47. The average Bonchev–Trinajstić information content (AvgIpc) is 2.45. The lowest BCUT2D eigenvalue weighted by atomic mass is 10.2. The van der Waals surface area contributed by atoms with Crippen LogP contribution < -0.4 is 0 Å². The highest BCUT2D eigenvalue weighted by Crippen LogP contribution is 2.26. The van der Waals surface area contributed by atoms with Gasteiger partial charge in [-0.2, -0.15) is 0 Å². The van der Waals surface area contributed by atoms with Crippen LogP contribution in [-0.2, 0) is 26.8 Å². The molecule has 2 heterocycles. The first-order chi connectivity index (χ1) is 6.09. The number of aromatic nitrogens is 1. The van der Waals surface area contributed by atoms with Crippen LogP contribution in [0.3, 0.4) is 0 Å². The Morgan fingerprint density at radius 3 is 2.92 bits per heavy atom. The lowest BCUT2D eigenvalue weighted by molar-refractivity contribution is 0.108. The van der Waals surface area contributed by atoms with E-state index in [1.807, 2.05) is 0 Å². The van der Waals surface area contributed by atoms with Gasteiger partial charge in [0.15, 0.2) is 0 Å². The fourth-order valence-corrected chi connectivity index (χ4v) is 2.16. The van der Waals surface area contributed by atoms with Gasteiger partial charge in [-0.3, -0.25) is 0 Å². The molecule has 0 fully saturated rings. The summed E-state index contributed by atoms with van der Waals surface area (Å²) in [6.45, 7) is 0.724. The van der Waals surface area contributed by atoms with Crippen molar-refractivity contribution in [2.45, 2.75) is 18.1 Å². The van der Waals surface area contributed by atoms with Crippen LogP contribution >= 0.6 is 10.7 Å². The van der Waals surface area contributed by atoms with Gasteiger partial charge in [-0.15, -0.1) is 0 Å². The first kappa shape index (κ1) is 8.98. The van der Waals surface area contributed by atoms with Gasteiger partial charge in [0, 0.05) is 17.1 Å². The van der Waals surface area contributed by atoms with Crippen molar-refractivity contribution in [3.05, 3.63) is 11.3 Å². The number of halogens is 1. The molecule has 0 radical (unpaired) electrons. The Labute approximate surface area is 79.0 Å². The molecule has 1 aliphatic heterocycles. The van der Waals surface area contributed by atoms with Crippen LogP contribution in [0.2, 0.25) is 0 Å². The van der Waals surface area contributed by atoms with Crippen molar-refractivity contribution in [1.82, 2.24) is 5.16 Å². The van der Waals surface area contributed by atoms with E-state index in [-0.39, 0.29) is 11.7 Å². The molecule has 1 aromatic heterocycles. The Morgan fingerprint density at radius 1 is 1.46 bits per heavy atom. The van der Waals surface area contributed by atoms with Crippen LogP contribution in [0.4, 0.5) is 0 Å². The maximum atomic E-state index is 10.9. The summed E-state index contributed by atoms with van der Waals surface area (Å²) in [4.78, 5) is 0. The van der Waals surface area contributed by atoms with Gasteiger partial charge < -0.3 is 9.26 Å². The molecule has 5 nitrogen and oxygen atoms in total. The van der Waals surface area contributed by atoms with Crippen molar-refractivity contribution in [2.75, 3.05) is 6.61 Å². The van der Waals surface area contributed by atoms with Gasteiger partial charge in [-0.25, -0.2) is 8.42 Å². The highest BCUT2D eigenvalue weighted by atomic mass is 35.7. The van der Waals surface area contributed by atoms with Crippen LogP contribution in [0.1, 0.15) is 11.3 Å². The Morgan fingerprint density at radius 2 is 2.23 bits per heavy atom. The molecule has 72 valence electrons. The molecular formula is C6H6ClNO4S. The lowest BCUT2D eigenvalue weighted by Gasteiger charge is -2.09. The molecule has 0 aromatic carbocycles. The molecule has 0 atom stereocenters. The average molecular weight is 224 g/mol. The third kappa shape index (κ3) is 1.56. The number of hydrogen-bond donors (Lipinski definition) is 0. The van der Waals surface area contributed by atoms with Gasteiger partial charge in [0.05, 0.1) is 24.5 Å². The second kappa shape index (κ2) is 2.97. The molecule has 1 aliphatic rings. The van der Waals surface area contributed by atoms with Crippen molar-refractivity contribution in [3.63, 3.8) is 0 Å². The van der Waals surface area contributed by atoms with Crippen LogP contribution in [0.25, 0.3) is 0 Å². The maximum Gasteiger partial charge on any atom is 0.297 e.